The van der Waals surface area contributed by atoms with Crippen LogP contribution >= 0.6 is 0 Å². The molecule has 2 heteroatoms. The van der Waals surface area contributed by atoms with Crippen molar-refractivity contribution in [1.29, 1.82) is 0 Å². The number of hydrogen-bond acceptors (Lipinski definition) is 1. The monoisotopic (exact) mass is 259 g/mol. The first-order chi connectivity index (χ1) is 9.19. The molecule has 104 valence electrons. The largest absolute Gasteiger partial charge is 0.343 e. The van der Waals surface area contributed by atoms with Crippen molar-refractivity contribution in [2.24, 2.45) is 5.92 Å². The molecule has 1 atom stereocenters. The second kappa shape index (κ2) is 6.74. The Morgan fingerprint density at radius 1 is 1.32 bits per heavy atom. The first-order valence-electron chi connectivity index (χ1n) is 7.54. The van der Waals surface area contributed by atoms with E-state index in [1.165, 1.54) is 11.1 Å². The molecule has 0 N–H and O–H groups in total. The van der Waals surface area contributed by atoms with E-state index in [1.54, 1.807) is 0 Å². The molecule has 2 nitrogen and oxygen atoms in total. The van der Waals surface area contributed by atoms with Crippen LogP contribution < -0.4 is 0 Å². The van der Waals surface area contributed by atoms with Crippen LogP contribution in [0, 0.1) is 5.92 Å². The highest BCUT2D eigenvalue weighted by molar-refractivity contribution is 5.77. The van der Waals surface area contributed by atoms with Crippen molar-refractivity contribution >= 4 is 5.91 Å². The van der Waals surface area contributed by atoms with Crippen molar-refractivity contribution in [1.82, 2.24) is 4.90 Å². The fourth-order valence-corrected chi connectivity index (χ4v) is 2.80. The lowest BCUT2D eigenvalue weighted by atomic mass is 9.96. The van der Waals surface area contributed by atoms with Crippen LogP contribution in [0.25, 0.3) is 0 Å². The van der Waals surface area contributed by atoms with E-state index < -0.39 is 0 Å². The predicted molar refractivity (Wildman–Crippen MR) is 79.1 cm³/mol. The summed E-state index contributed by atoms with van der Waals surface area (Å²) in [5.74, 6) is 0.987. The van der Waals surface area contributed by atoms with Gasteiger partial charge >= 0.3 is 0 Å². The molecule has 2 rings (SSSR count). The Kier molecular flexibility index (Phi) is 5.00. The van der Waals surface area contributed by atoms with E-state index in [0.717, 1.165) is 45.2 Å². The van der Waals surface area contributed by atoms with Crippen LogP contribution in [0.1, 0.15) is 44.2 Å². The zero-order valence-electron chi connectivity index (χ0n) is 12.2. The summed E-state index contributed by atoms with van der Waals surface area (Å²) >= 11 is 0. The number of hydrogen-bond donors (Lipinski definition) is 0. The SMILES string of the molecule is CCc1cccc(CC(C)CCN2CCCC2=O)c1. The minimum absolute atomic E-state index is 0.347. The number of carbonyl (C=O) groups excluding carboxylic acids is 1. The molecule has 1 aromatic carbocycles. The molecule has 1 aliphatic rings. The maximum absolute atomic E-state index is 11.6. The Labute approximate surface area is 116 Å². The highest BCUT2D eigenvalue weighted by atomic mass is 16.2. The van der Waals surface area contributed by atoms with Gasteiger partial charge in [0.15, 0.2) is 0 Å². The van der Waals surface area contributed by atoms with E-state index in [2.05, 4.69) is 38.1 Å². The summed E-state index contributed by atoms with van der Waals surface area (Å²) in [6.07, 6.45) is 5.14. The second-order valence-electron chi connectivity index (χ2n) is 5.76. The van der Waals surface area contributed by atoms with Crippen molar-refractivity contribution < 1.29 is 4.79 Å². The van der Waals surface area contributed by atoms with Crippen LogP contribution in [0.2, 0.25) is 0 Å². The Balaban J connectivity index is 1.80. The fraction of sp³-hybridized carbons (Fsp3) is 0.588. The molecule has 0 radical (unpaired) electrons. The van der Waals surface area contributed by atoms with E-state index in [0.29, 0.717) is 11.8 Å². The average molecular weight is 259 g/mol. The van der Waals surface area contributed by atoms with E-state index in [9.17, 15) is 4.79 Å². The maximum atomic E-state index is 11.6. The maximum Gasteiger partial charge on any atom is 0.222 e. The molecule has 1 saturated heterocycles. The van der Waals surface area contributed by atoms with E-state index in [1.807, 2.05) is 4.90 Å². The van der Waals surface area contributed by atoms with Gasteiger partial charge in [-0.25, -0.2) is 0 Å². The molecule has 19 heavy (non-hydrogen) atoms. The fourth-order valence-electron chi connectivity index (χ4n) is 2.80. The van der Waals surface area contributed by atoms with Crippen LogP contribution in [0.4, 0.5) is 0 Å². The zero-order chi connectivity index (χ0) is 13.7. The van der Waals surface area contributed by atoms with E-state index in [-0.39, 0.29) is 0 Å². The van der Waals surface area contributed by atoms with E-state index in [4.69, 9.17) is 0 Å². The number of rotatable bonds is 6. The lowest BCUT2D eigenvalue weighted by molar-refractivity contribution is -0.127. The van der Waals surface area contributed by atoms with Gasteiger partial charge in [-0.05, 0) is 42.7 Å². The minimum atomic E-state index is 0.347. The number of aryl methyl sites for hydroxylation is 1. The quantitative estimate of drug-likeness (QED) is 0.766. The zero-order valence-corrected chi connectivity index (χ0v) is 12.2. The van der Waals surface area contributed by atoms with Crippen molar-refractivity contribution in [3.63, 3.8) is 0 Å². The van der Waals surface area contributed by atoms with Gasteiger partial charge in [-0.3, -0.25) is 4.79 Å². The Hall–Kier alpha value is -1.31. The first kappa shape index (κ1) is 14.1. The predicted octanol–water partition coefficient (Wildman–Crippen LogP) is 3.44. The van der Waals surface area contributed by atoms with Gasteiger partial charge in [0, 0.05) is 19.5 Å². The number of likely N-dealkylation sites (tertiary alicyclic amines) is 1. The van der Waals surface area contributed by atoms with Gasteiger partial charge in [0.05, 0.1) is 0 Å². The van der Waals surface area contributed by atoms with Gasteiger partial charge in [0.25, 0.3) is 0 Å². The number of amides is 1. The molecule has 1 fully saturated rings. The smallest absolute Gasteiger partial charge is 0.222 e. The van der Waals surface area contributed by atoms with Gasteiger partial charge in [-0.15, -0.1) is 0 Å². The average Bonchev–Trinajstić information content (AvgIpc) is 2.82. The third-order valence-electron chi connectivity index (χ3n) is 4.05. The molecule has 0 aliphatic carbocycles. The Bertz CT molecular complexity index is 427. The third kappa shape index (κ3) is 4.09. The van der Waals surface area contributed by atoms with Gasteiger partial charge in [-0.1, -0.05) is 38.1 Å². The molecule has 0 spiro atoms. The molecule has 1 heterocycles. The molecule has 1 aromatic rings. The normalized spacial score (nSPS) is 16.9. The van der Waals surface area contributed by atoms with E-state index >= 15 is 0 Å². The Morgan fingerprint density at radius 3 is 2.79 bits per heavy atom. The van der Waals surface area contributed by atoms with Crippen LogP contribution in [-0.2, 0) is 17.6 Å². The number of carbonyl (C=O) groups is 1. The third-order valence-corrected chi connectivity index (χ3v) is 4.05. The summed E-state index contributed by atoms with van der Waals surface area (Å²) in [6.45, 7) is 6.39. The van der Waals surface area contributed by atoms with Crippen molar-refractivity contribution in [3.05, 3.63) is 35.4 Å². The Morgan fingerprint density at radius 2 is 2.11 bits per heavy atom. The molecule has 1 unspecified atom stereocenters. The lowest BCUT2D eigenvalue weighted by Gasteiger charge is -2.18. The second-order valence-corrected chi connectivity index (χ2v) is 5.76. The summed E-state index contributed by atoms with van der Waals surface area (Å²) in [5.41, 5.74) is 2.85. The van der Waals surface area contributed by atoms with Gasteiger partial charge in [0.1, 0.15) is 0 Å². The molecular formula is C17H25NO. The topological polar surface area (TPSA) is 20.3 Å². The van der Waals surface area contributed by atoms with Crippen LogP contribution in [-0.4, -0.2) is 23.9 Å². The first-order valence-corrected chi connectivity index (χ1v) is 7.54. The van der Waals surface area contributed by atoms with Crippen molar-refractivity contribution in [3.8, 4) is 0 Å². The minimum Gasteiger partial charge on any atom is -0.343 e. The lowest BCUT2D eigenvalue weighted by Crippen LogP contribution is -2.27. The molecule has 0 aromatic heterocycles. The molecular weight excluding hydrogens is 234 g/mol. The molecule has 1 aliphatic heterocycles. The molecule has 0 bridgehead atoms. The summed E-state index contributed by atoms with van der Waals surface area (Å²) in [5, 5.41) is 0. The highest BCUT2D eigenvalue weighted by Gasteiger charge is 2.20. The van der Waals surface area contributed by atoms with Gasteiger partial charge in [-0.2, -0.15) is 0 Å². The highest BCUT2D eigenvalue weighted by Crippen LogP contribution is 2.16. The number of nitrogens with zero attached hydrogens (tertiary/aromatic N) is 1. The standard InChI is InChI=1S/C17H25NO/c1-3-15-6-4-7-16(13-15)12-14(2)9-11-18-10-5-8-17(18)19/h4,6-7,13-14H,3,5,8-12H2,1-2H3. The molecule has 0 saturated carbocycles. The summed E-state index contributed by atoms with van der Waals surface area (Å²) in [6, 6.07) is 8.89. The van der Waals surface area contributed by atoms with Crippen molar-refractivity contribution in [2.45, 2.75) is 46.0 Å². The van der Waals surface area contributed by atoms with Crippen LogP contribution in [0.3, 0.4) is 0 Å². The van der Waals surface area contributed by atoms with Gasteiger partial charge in [0.2, 0.25) is 5.91 Å². The molecule has 1 amide bonds. The van der Waals surface area contributed by atoms with Crippen molar-refractivity contribution in [2.75, 3.05) is 13.1 Å². The summed E-state index contributed by atoms with van der Waals surface area (Å²) < 4.78 is 0. The number of benzene rings is 1. The van der Waals surface area contributed by atoms with Crippen LogP contribution in [0.15, 0.2) is 24.3 Å². The van der Waals surface area contributed by atoms with Gasteiger partial charge < -0.3 is 4.90 Å². The van der Waals surface area contributed by atoms with Crippen LogP contribution in [0.5, 0.6) is 0 Å². The summed E-state index contributed by atoms with van der Waals surface area (Å²) in [7, 11) is 0. The summed E-state index contributed by atoms with van der Waals surface area (Å²) in [4.78, 5) is 13.6.